The van der Waals surface area contributed by atoms with Crippen molar-refractivity contribution in [3.05, 3.63) is 34.9 Å². The summed E-state index contributed by atoms with van der Waals surface area (Å²) in [7, 11) is 0. The summed E-state index contributed by atoms with van der Waals surface area (Å²) in [6.07, 6.45) is -0.0816. The summed E-state index contributed by atoms with van der Waals surface area (Å²) < 4.78 is 0. The molecule has 1 aromatic carbocycles. The van der Waals surface area contributed by atoms with Crippen molar-refractivity contribution in [3.8, 4) is 0 Å². The molecule has 2 N–H and O–H groups in total. The fraction of sp³-hybridized carbons (Fsp3) is 0.467. The second kappa shape index (κ2) is 7.88. The molecule has 2 atom stereocenters. The topological polar surface area (TPSA) is 69.6 Å². The zero-order chi connectivity index (χ0) is 16.0. The van der Waals surface area contributed by atoms with Gasteiger partial charge in [0.25, 0.3) is 0 Å². The van der Waals surface area contributed by atoms with E-state index in [1.807, 2.05) is 32.0 Å². The number of benzene rings is 1. The summed E-state index contributed by atoms with van der Waals surface area (Å²) in [4.78, 5) is 24.5. The second-order valence-electron chi connectivity index (χ2n) is 4.93. The molecule has 0 aliphatic rings. The van der Waals surface area contributed by atoms with Gasteiger partial charge in [-0.15, -0.1) is 0 Å². The standard InChI is InChI=1S/C15H21ClN2O3/c1-4-18(10(2)9-14(19)20)15(21)17-11(3)12-7-5-6-8-13(12)16/h5-8,10-11H,4,9H2,1-3H3,(H,17,21)(H,19,20). The molecule has 0 aromatic heterocycles. The van der Waals surface area contributed by atoms with Gasteiger partial charge in [0, 0.05) is 17.6 Å². The first kappa shape index (κ1) is 17.3. The number of halogens is 1. The Kier molecular flexibility index (Phi) is 6.49. The number of urea groups is 1. The lowest BCUT2D eigenvalue weighted by atomic mass is 10.1. The maximum absolute atomic E-state index is 12.3. The first-order valence-corrected chi connectivity index (χ1v) is 7.28. The van der Waals surface area contributed by atoms with E-state index in [1.165, 1.54) is 4.90 Å². The number of hydrogen-bond acceptors (Lipinski definition) is 2. The number of carbonyl (C=O) groups is 2. The molecule has 0 heterocycles. The number of carboxylic acid groups (broad SMARTS) is 1. The third-order valence-corrected chi connectivity index (χ3v) is 3.66. The number of carbonyl (C=O) groups excluding carboxylic acids is 1. The van der Waals surface area contributed by atoms with E-state index in [-0.39, 0.29) is 24.5 Å². The van der Waals surface area contributed by atoms with Gasteiger partial charge in [-0.2, -0.15) is 0 Å². The molecule has 2 amide bonds. The summed E-state index contributed by atoms with van der Waals surface area (Å²) in [5.41, 5.74) is 0.828. The van der Waals surface area contributed by atoms with Crippen molar-refractivity contribution in [3.63, 3.8) is 0 Å². The normalized spacial score (nSPS) is 13.3. The van der Waals surface area contributed by atoms with Crippen LogP contribution < -0.4 is 5.32 Å². The summed E-state index contributed by atoms with van der Waals surface area (Å²) in [5.74, 6) is -0.923. The highest BCUT2D eigenvalue weighted by molar-refractivity contribution is 6.31. The van der Waals surface area contributed by atoms with Crippen LogP contribution in [0.4, 0.5) is 4.79 Å². The Morgan fingerprint density at radius 3 is 2.48 bits per heavy atom. The van der Waals surface area contributed by atoms with Gasteiger partial charge in [-0.05, 0) is 32.4 Å². The molecule has 0 aliphatic carbocycles. The zero-order valence-electron chi connectivity index (χ0n) is 12.5. The van der Waals surface area contributed by atoms with E-state index >= 15 is 0 Å². The summed E-state index contributed by atoms with van der Waals surface area (Å²) in [6.45, 7) is 5.82. The SMILES string of the molecule is CCN(C(=O)NC(C)c1ccccc1Cl)C(C)CC(=O)O. The van der Waals surface area contributed by atoms with Gasteiger partial charge < -0.3 is 15.3 Å². The van der Waals surface area contributed by atoms with Crippen molar-refractivity contribution in [1.29, 1.82) is 0 Å². The van der Waals surface area contributed by atoms with Gasteiger partial charge in [-0.1, -0.05) is 29.8 Å². The molecule has 5 nitrogen and oxygen atoms in total. The average molecular weight is 313 g/mol. The molecule has 0 fully saturated rings. The highest BCUT2D eigenvalue weighted by Gasteiger charge is 2.22. The molecule has 0 spiro atoms. The molecule has 0 saturated carbocycles. The van der Waals surface area contributed by atoms with E-state index in [1.54, 1.807) is 13.0 Å². The van der Waals surface area contributed by atoms with Crippen LogP contribution in [0.1, 0.15) is 38.8 Å². The molecule has 1 aromatic rings. The Morgan fingerprint density at radius 1 is 1.33 bits per heavy atom. The molecular weight excluding hydrogens is 292 g/mol. The van der Waals surface area contributed by atoms with Crippen molar-refractivity contribution < 1.29 is 14.7 Å². The minimum atomic E-state index is -0.923. The lowest BCUT2D eigenvalue weighted by molar-refractivity contribution is -0.138. The lowest BCUT2D eigenvalue weighted by Gasteiger charge is -2.29. The maximum Gasteiger partial charge on any atom is 0.318 e. The van der Waals surface area contributed by atoms with Crippen molar-refractivity contribution >= 4 is 23.6 Å². The Labute approximate surface area is 129 Å². The van der Waals surface area contributed by atoms with Crippen LogP contribution >= 0.6 is 11.6 Å². The number of nitrogens with one attached hydrogen (secondary N) is 1. The molecule has 116 valence electrons. The molecule has 0 aliphatic heterocycles. The van der Waals surface area contributed by atoms with Gasteiger partial charge in [0.05, 0.1) is 12.5 Å². The number of amides is 2. The van der Waals surface area contributed by atoms with Gasteiger partial charge in [0.15, 0.2) is 0 Å². The van der Waals surface area contributed by atoms with E-state index in [4.69, 9.17) is 16.7 Å². The van der Waals surface area contributed by atoms with Crippen LogP contribution in [0.3, 0.4) is 0 Å². The van der Waals surface area contributed by atoms with Crippen molar-refractivity contribution in [1.82, 2.24) is 10.2 Å². The van der Waals surface area contributed by atoms with Gasteiger partial charge in [-0.25, -0.2) is 4.79 Å². The molecule has 2 unspecified atom stereocenters. The molecule has 0 radical (unpaired) electrons. The van der Waals surface area contributed by atoms with Crippen LogP contribution in [0.25, 0.3) is 0 Å². The lowest BCUT2D eigenvalue weighted by Crippen LogP contribution is -2.46. The summed E-state index contributed by atoms with van der Waals surface area (Å²) in [6, 6.07) is 6.39. The van der Waals surface area contributed by atoms with E-state index in [9.17, 15) is 9.59 Å². The molecular formula is C15H21ClN2O3. The Balaban J connectivity index is 2.74. The van der Waals surface area contributed by atoms with Crippen molar-refractivity contribution in [2.75, 3.05) is 6.54 Å². The van der Waals surface area contributed by atoms with Gasteiger partial charge in [0.2, 0.25) is 0 Å². The first-order valence-electron chi connectivity index (χ1n) is 6.90. The van der Waals surface area contributed by atoms with E-state index in [0.717, 1.165) is 5.56 Å². The van der Waals surface area contributed by atoms with Crippen LogP contribution in [-0.4, -0.2) is 34.6 Å². The van der Waals surface area contributed by atoms with Crippen LogP contribution in [0.5, 0.6) is 0 Å². The van der Waals surface area contributed by atoms with Gasteiger partial charge in [0.1, 0.15) is 0 Å². The average Bonchev–Trinajstić information content (AvgIpc) is 2.38. The Bertz CT molecular complexity index is 507. The number of hydrogen-bond donors (Lipinski definition) is 2. The predicted octanol–water partition coefficient (Wildman–Crippen LogP) is 3.30. The summed E-state index contributed by atoms with van der Waals surface area (Å²) in [5, 5.41) is 12.3. The van der Waals surface area contributed by atoms with Crippen LogP contribution in [0.2, 0.25) is 5.02 Å². The molecule has 21 heavy (non-hydrogen) atoms. The number of nitrogens with zero attached hydrogens (tertiary/aromatic N) is 1. The summed E-state index contributed by atoms with van der Waals surface area (Å²) >= 11 is 6.10. The van der Waals surface area contributed by atoms with Gasteiger partial charge in [-0.3, -0.25) is 4.79 Å². The third kappa shape index (κ3) is 4.93. The van der Waals surface area contributed by atoms with Crippen molar-refractivity contribution in [2.24, 2.45) is 0 Å². The minimum absolute atomic E-state index is 0.0816. The number of rotatable bonds is 6. The fourth-order valence-electron chi connectivity index (χ4n) is 2.19. The Morgan fingerprint density at radius 2 is 1.95 bits per heavy atom. The largest absolute Gasteiger partial charge is 0.481 e. The monoisotopic (exact) mass is 312 g/mol. The highest BCUT2D eigenvalue weighted by Crippen LogP contribution is 2.22. The van der Waals surface area contributed by atoms with E-state index in [0.29, 0.717) is 11.6 Å². The van der Waals surface area contributed by atoms with Crippen LogP contribution in [0.15, 0.2) is 24.3 Å². The van der Waals surface area contributed by atoms with E-state index in [2.05, 4.69) is 5.32 Å². The number of aliphatic carboxylic acids is 1. The molecule has 1 rings (SSSR count). The minimum Gasteiger partial charge on any atom is -0.481 e. The van der Waals surface area contributed by atoms with Gasteiger partial charge >= 0.3 is 12.0 Å². The zero-order valence-corrected chi connectivity index (χ0v) is 13.2. The first-order chi connectivity index (χ1) is 9.86. The van der Waals surface area contributed by atoms with E-state index < -0.39 is 5.97 Å². The second-order valence-corrected chi connectivity index (χ2v) is 5.33. The quantitative estimate of drug-likeness (QED) is 0.846. The molecule has 0 saturated heterocycles. The van der Waals surface area contributed by atoms with Crippen molar-refractivity contribution in [2.45, 2.75) is 39.3 Å². The predicted molar refractivity (Wildman–Crippen MR) is 82.5 cm³/mol. The Hall–Kier alpha value is -1.75. The van der Waals surface area contributed by atoms with Crippen LogP contribution in [-0.2, 0) is 4.79 Å². The molecule has 6 heteroatoms. The highest BCUT2D eigenvalue weighted by atomic mass is 35.5. The molecule has 0 bridgehead atoms. The fourth-order valence-corrected chi connectivity index (χ4v) is 2.49. The maximum atomic E-state index is 12.3. The smallest absolute Gasteiger partial charge is 0.318 e. The number of carboxylic acids is 1. The van der Waals surface area contributed by atoms with Crippen LogP contribution in [0, 0.1) is 0 Å². The third-order valence-electron chi connectivity index (χ3n) is 3.32.